The first-order valence-corrected chi connectivity index (χ1v) is 10.9. The smallest absolute Gasteiger partial charge is 0.211 e. The maximum atomic E-state index is 7.34. The van der Waals surface area contributed by atoms with Crippen LogP contribution in [0, 0.1) is 23.7 Å². The first-order chi connectivity index (χ1) is 13.5. The molecular weight excluding hydrogens is 502 g/mol. The van der Waals surface area contributed by atoms with E-state index in [4.69, 9.17) is 91.8 Å². The van der Waals surface area contributed by atoms with Crippen LogP contribution in [0.2, 0.25) is 0 Å². The SMILES string of the molecule is COC1(OC)[C@@]2(Cl)[C@H]3C(=NNC(N)=S)[C@H]4[C@H]5C(=NNC(N)=S)[C@H]3[C@@]1(Cl)[C@@]5(Cl)[C@]42Cl. The molecule has 2 bridgehead atoms. The van der Waals surface area contributed by atoms with Crippen LogP contribution in [-0.2, 0) is 9.47 Å². The summed E-state index contributed by atoms with van der Waals surface area (Å²) in [5.74, 6) is -3.27. The highest BCUT2D eigenvalue weighted by Gasteiger charge is 3.11. The number of nitrogens with zero attached hydrogens (tertiary/aromatic N) is 2. The molecule has 158 valence electrons. The number of halogens is 4. The Morgan fingerprint density at radius 2 is 1.10 bits per heavy atom. The Morgan fingerprint density at radius 3 is 1.38 bits per heavy atom. The largest absolute Gasteiger partial charge is 0.375 e. The second kappa shape index (κ2) is 5.58. The van der Waals surface area contributed by atoms with Gasteiger partial charge in [-0.2, -0.15) is 10.2 Å². The first-order valence-electron chi connectivity index (χ1n) is 8.59. The summed E-state index contributed by atoms with van der Waals surface area (Å²) < 4.78 is 11.8. The van der Waals surface area contributed by atoms with E-state index in [1.165, 1.54) is 14.2 Å². The molecule has 8 atom stereocenters. The van der Waals surface area contributed by atoms with E-state index in [9.17, 15) is 0 Å². The fourth-order valence-corrected chi connectivity index (χ4v) is 10.3. The van der Waals surface area contributed by atoms with Gasteiger partial charge in [0.1, 0.15) is 19.5 Å². The molecule has 0 unspecified atom stereocenters. The van der Waals surface area contributed by atoms with Crippen molar-refractivity contribution in [3.05, 3.63) is 0 Å². The average Bonchev–Trinajstić information content (AvgIpc) is 2.96. The normalized spacial score (nSPS) is 54.3. The van der Waals surface area contributed by atoms with E-state index in [0.717, 1.165) is 0 Å². The van der Waals surface area contributed by atoms with Gasteiger partial charge in [0.15, 0.2) is 10.2 Å². The average molecular weight is 518 g/mol. The van der Waals surface area contributed by atoms with Gasteiger partial charge in [0.2, 0.25) is 5.79 Å². The van der Waals surface area contributed by atoms with Crippen LogP contribution in [0.3, 0.4) is 0 Å². The summed E-state index contributed by atoms with van der Waals surface area (Å²) in [6.07, 6.45) is 0. The van der Waals surface area contributed by atoms with Crippen molar-refractivity contribution in [3.8, 4) is 0 Å². The second-order valence-corrected chi connectivity index (χ2v) is 11.1. The number of fused-ring (bicyclic) bond motifs is 2. The molecular formula is C15H16Cl4N6O2S2. The Labute approximate surface area is 196 Å². The molecule has 5 aliphatic rings. The molecule has 8 nitrogen and oxygen atoms in total. The Balaban J connectivity index is 1.81. The quantitative estimate of drug-likeness (QED) is 0.187. The summed E-state index contributed by atoms with van der Waals surface area (Å²) in [7, 11) is 2.94. The minimum atomic E-state index is -1.50. The Bertz CT molecular complexity index is 878. The van der Waals surface area contributed by atoms with Gasteiger partial charge in [-0.25, -0.2) is 0 Å². The number of hydrogen-bond acceptors (Lipinski definition) is 6. The molecule has 0 saturated heterocycles. The van der Waals surface area contributed by atoms with E-state index < -0.39 is 37.1 Å². The fourth-order valence-electron chi connectivity index (χ4n) is 6.94. The molecule has 0 heterocycles. The number of methoxy groups -OCH3 is 2. The van der Waals surface area contributed by atoms with Gasteiger partial charge in [-0.15, -0.1) is 46.4 Å². The second-order valence-electron chi connectivity index (χ2n) is 7.81. The molecule has 5 fully saturated rings. The Morgan fingerprint density at radius 1 is 0.793 bits per heavy atom. The lowest BCUT2D eigenvalue weighted by molar-refractivity contribution is -0.223. The van der Waals surface area contributed by atoms with Crippen LogP contribution in [-0.4, -0.2) is 61.2 Å². The van der Waals surface area contributed by atoms with E-state index in [0.29, 0.717) is 11.4 Å². The topological polar surface area (TPSA) is 119 Å². The minimum absolute atomic E-state index is 0.0121. The van der Waals surface area contributed by atoms with E-state index >= 15 is 0 Å². The van der Waals surface area contributed by atoms with Crippen LogP contribution in [0.1, 0.15) is 0 Å². The van der Waals surface area contributed by atoms with E-state index in [-0.39, 0.29) is 22.1 Å². The summed E-state index contributed by atoms with van der Waals surface area (Å²) in [5.41, 5.74) is 17.8. The maximum absolute atomic E-state index is 7.34. The van der Waals surface area contributed by atoms with Crippen molar-refractivity contribution in [2.24, 2.45) is 45.3 Å². The molecule has 0 radical (unpaired) electrons. The van der Waals surface area contributed by atoms with Crippen LogP contribution in [0.25, 0.3) is 0 Å². The van der Waals surface area contributed by atoms with Gasteiger partial charge in [-0.05, 0) is 24.4 Å². The summed E-state index contributed by atoms with van der Waals surface area (Å²) in [4.78, 5) is -5.06. The van der Waals surface area contributed by atoms with Crippen molar-refractivity contribution < 1.29 is 9.47 Å². The highest BCUT2D eigenvalue weighted by atomic mass is 35.5. The van der Waals surface area contributed by atoms with E-state index in [1.807, 2.05) is 0 Å². The number of ether oxygens (including phenoxy) is 2. The lowest BCUT2D eigenvalue weighted by Gasteiger charge is -2.58. The number of thiocarbonyl (C=S) groups is 2. The zero-order chi connectivity index (χ0) is 21.4. The van der Waals surface area contributed by atoms with Crippen molar-refractivity contribution in [3.63, 3.8) is 0 Å². The maximum Gasteiger partial charge on any atom is 0.211 e. The van der Waals surface area contributed by atoms with Crippen molar-refractivity contribution in [1.29, 1.82) is 0 Å². The van der Waals surface area contributed by atoms with E-state index in [2.05, 4.69) is 21.1 Å². The lowest BCUT2D eigenvalue weighted by atomic mass is 9.57. The summed E-state index contributed by atoms with van der Waals surface area (Å²) >= 11 is 39.0. The van der Waals surface area contributed by atoms with Crippen LogP contribution in [0.4, 0.5) is 0 Å². The molecule has 0 aromatic heterocycles. The van der Waals surface area contributed by atoms with Crippen molar-refractivity contribution >= 4 is 92.5 Å². The number of nitrogens with one attached hydrogen (secondary N) is 2. The predicted octanol–water partition coefficient (Wildman–Crippen LogP) is 0.797. The van der Waals surface area contributed by atoms with Crippen LogP contribution in [0.5, 0.6) is 0 Å². The van der Waals surface area contributed by atoms with Gasteiger partial charge in [-0.3, -0.25) is 10.9 Å². The summed E-state index contributed by atoms with van der Waals surface area (Å²) in [6.45, 7) is 0. The van der Waals surface area contributed by atoms with Crippen molar-refractivity contribution in [2.45, 2.75) is 25.3 Å². The highest BCUT2D eigenvalue weighted by molar-refractivity contribution is 7.80. The third kappa shape index (κ3) is 1.56. The highest BCUT2D eigenvalue weighted by Crippen LogP contribution is 2.95. The molecule has 0 aromatic carbocycles. The first kappa shape index (κ1) is 20.7. The molecule has 6 N–H and O–H groups in total. The van der Waals surface area contributed by atoms with Gasteiger partial charge >= 0.3 is 0 Å². The van der Waals surface area contributed by atoms with E-state index in [1.54, 1.807) is 0 Å². The molecule has 29 heavy (non-hydrogen) atoms. The van der Waals surface area contributed by atoms with Gasteiger partial charge in [0.05, 0.1) is 0 Å². The predicted molar refractivity (Wildman–Crippen MR) is 120 cm³/mol. The van der Waals surface area contributed by atoms with Gasteiger partial charge in [0.25, 0.3) is 0 Å². The zero-order valence-electron chi connectivity index (χ0n) is 15.0. The monoisotopic (exact) mass is 516 g/mol. The third-order valence-corrected chi connectivity index (χ3v) is 11.1. The van der Waals surface area contributed by atoms with Gasteiger partial charge in [0, 0.05) is 49.3 Å². The summed E-state index contributed by atoms with van der Waals surface area (Å²) in [6, 6.07) is 0. The fraction of sp³-hybridized carbons (Fsp3) is 0.733. The minimum Gasteiger partial charge on any atom is -0.375 e. The molecule has 0 spiro atoms. The number of hydrazone groups is 2. The van der Waals surface area contributed by atoms with Crippen molar-refractivity contribution in [2.75, 3.05) is 14.2 Å². The van der Waals surface area contributed by atoms with Crippen LogP contribution in [0.15, 0.2) is 10.2 Å². The molecule has 5 rings (SSSR count). The van der Waals surface area contributed by atoms with Crippen molar-refractivity contribution in [1.82, 2.24) is 10.9 Å². The van der Waals surface area contributed by atoms with Gasteiger partial charge in [-0.1, -0.05) is 0 Å². The lowest BCUT2D eigenvalue weighted by Crippen LogP contribution is -2.73. The molecule has 0 amide bonds. The molecule has 5 saturated carbocycles. The zero-order valence-corrected chi connectivity index (χ0v) is 19.7. The standard InChI is InChI=1S/C15H16Cl4N6O2S2/c1-26-15(27-2)13(18)5-6-8(23-25-10(21)29)4-3(7(5)22-24-9(20)28)11(13,16)12(4,17)14(6,15)19/h3-6H,1-2H3,(H3,20,24,28)(H3,21,25,29)/t3-,4+,5-,6+,11-,12+,13-,14-/m1/s1. The number of nitrogens with two attached hydrogens (primary N) is 2. The third-order valence-electron chi connectivity index (χ3n) is 7.37. The number of hydrogen-bond donors (Lipinski definition) is 4. The molecule has 0 aromatic rings. The molecule has 14 heteroatoms. The molecule has 0 aliphatic heterocycles. The van der Waals surface area contributed by atoms with Gasteiger partial charge < -0.3 is 20.9 Å². The Kier molecular flexibility index (Phi) is 3.98. The summed E-state index contributed by atoms with van der Waals surface area (Å²) in [5, 5.41) is 8.90. The number of rotatable bonds is 4. The molecule has 5 aliphatic carbocycles. The number of alkyl halides is 4. The van der Waals surface area contributed by atoms with Crippen LogP contribution >= 0.6 is 70.8 Å². The van der Waals surface area contributed by atoms with Crippen LogP contribution < -0.4 is 22.3 Å². The Hall–Kier alpha value is -0.200.